The molecule has 0 amide bonds. The van der Waals surface area contributed by atoms with Crippen LogP contribution >= 0.6 is 0 Å². The van der Waals surface area contributed by atoms with Crippen molar-refractivity contribution in [2.45, 2.75) is 12.7 Å². The highest BCUT2D eigenvalue weighted by atomic mass is 19.4. The van der Waals surface area contributed by atoms with Gasteiger partial charge in [0.1, 0.15) is 11.4 Å². The molecule has 0 bridgehead atoms. The first-order chi connectivity index (χ1) is 11.4. The highest BCUT2D eigenvalue weighted by Crippen LogP contribution is 2.29. The molecule has 0 spiro atoms. The van der Waals surface area contributed by atoms with Crippen molar-refractivity contribution in [1.29, 1.82) is 0 Å². The largest absolute Gasteiger partial charge is 0.475 e. The number of aromatic nitrogens is 1. The molecule has 8 heteroatoms. The van der Waals surface area contributed by atoms with E-state index >= 15 is 0 Å². The van der Waals surface area contributed by atoms with Gasteiger partial charge in [0, 0.05) is 23.7 Å². The Morgan fingerprint density at radius 1 is 1.21 bits per heavy atom. The fourth-order valence-corrected chi connectivity index (χ4v) is 2.29. The van der Waals surface area contributed by atoms with Crippen LogP contribution in [-0.4, -0.2) is 16.1 Å². The highest BCUT2D eigenvalue weighted by molar-refractivity contribution is 5.95. The van der Waals surface area contributed by atoms with E-state index in [4.69, 9.17) is 4.42 Å². The summed E-state index contributed by atoms with van der Waals surface area (Å²) >= 11 is 0. The number of hydrogen-bond donors (Lipinski definition) is 2. The van der Waals surface area contributed by atoms with Crippen molar-refractivity contribution in [2.75, 3.05) is 5.32 Å². The summed E-state index contributed by atoms with van der Waals surface area (Å²) in [5, 5.41) is 12.7. The number of carbonyl (C=O) groups is 1. The van der Waals surface area contributed by atoms with E-state index in [9.17, 15) is 23.1 Å². The van der Waals surface area contributed by atoms with Crippen molar-refractivity contribution in [3.8, 4) is 0 Å². The van der Waals surface area contributed by atoms with E-state index in [-0.39, 0.29) is 18.1 Å². The van der Waals surface area contributed by atoms with Crippen molar-refractivity contribution in [1.82, 2.24) is 4.98 Å². The highest BCUT2D eigenvalue weighted by Gasteiger charge is 2.30. The average Bonchev–Trinajstić information content (AvgIpc) is 2.91. The molecule has 2 heterocycles. The number of halogens is 3. The quantitative estimate of drug-likeness (QED) is 0.748. The molecule has 0 saturated carbocycles. The van der Waals surface area contributed by atoms with Crippen LogP contribution < -0.4 is 5.32 Å². The minimum Gasteiger partial charge on any atom is -0.475 e. The number of furan rings is 1. The number of alkyl halides is 3. The molecule has 0 atom stereocenters. The lowest BCUT2D eigenvalue weighted by Gasteiger charge is -2.08. The van der Waals surface area contributed by atoms with E-state index in [1.807, 2.05) is 0 Å². The monoisotopic (exact) mass is 336 g/mol. The van der Waals surface area contributed by atoms with Crippen LogP contribution in [0.4, 0.5) is 19.0 Å². The average molecular weight is 336 g/mol. The zero-order valence-corrected chi connectivity index (χ0v) is 12.1. The van der Waals surface area contributed by atoms with Gasteiger partial charge in [-0.2, -0.15) is 13.2 Å². The first-order valence-corrected chi connectivity index (χ1v) is 6.87. The molecule has 0 radical (unpaired) electrons. The molecule has 0 aliphatic heterocycles. The summed E-state index contributed by atoms with van der Waals surface area (Å²) in [6.07, 6.45) is -3.74. The lowest BCUT2D eigenvalue weighted by atomic mass is 10.1. The predicted molar refractivity (Wildman–Crippen MR) is 79.7 cm³/mol. The number of carboxylic acid groups (broad SMARTS) is 1. The fourth-order valence-electron chi connectivity index (χ4n) is 2.29. The minimum atomic E-state index is -4.46. The summed E-state index contributed by atoms with van der Waals surface area (Å²) < 4.78 is 42.8. The van der Waals surface area contributed by atoms with E-state index in [0.29, 0.717) is 22.7 Å². The van der Waals surface area contributed by atoms with E-state index < -0.39 is 17.7 Å². The number of carboxylic acids is 1. The van der Waals surface area contributed by atoms with Gasteiger partial charge in [-0.3, -0.25) is 0 Å². The van der Waals surface area contributed by atoms with E-state index in [1.165, 1.54) is 6.07 Å². The lowest BCUT2D eigenvalue weighted by molar-refractivity contribution is -0.137. The number of rotatable bonds is 4. The number of pyridine rings is 1. The molecule has 24 heavy (non-hydrogen) atoms. The van der Waals surface area contributed by atoms with Crippen molar-refractivity contribution >= 4 is 22.8 Å². The van der Waals surface area contributed by atoms with Crippen LogP contribution in [-0.2, 0) is 12.7 Å². The van der Waals surface area contributed by atoms with Crippen LogP contribution in [0.3, 0.4) is 0 Å². The fraction of sp³-hybridized carbons (Fsp3) is 0.125. The van der Waals surface area contributed by atoms with Gasteiger partial charge >= 0.3 is 12.1 Å². The van der Waals surface area contributed by atoms with E-state index in [2.05, 4.69) is 10.3 Å². The number of fused-ring (bicyclic) bond motifs is 1. The molecule has 0 aliphatic carbocycles. The summed E-state index contributed by atoms with van der Waals surface area (Å²) in [5.41, 5.74) is -0.0279. The zero-order valence-electron chi connectivity index (χ0n) is 12.1. The maximum Gasteiger partial charge on any atom is 0.417 e. The SMILES string of the molecule is O=C(O)c1oc2ccccc2c1CNc1ccc(C(F)(F)F)cn1. The number of nitrogens with zero attached hydrogens (tertiary/aromatic N) is 1. The molecule has 2 N–H and O–H groups in total. The third kappa shape index (κ3) is 3.03. The number of anilines is 1. The van der Waals surface area contributed by atoms with Gasteiger partial charge in [0.05, 0.1) is 5.56 Å². The molecule has 3 rings (SSSR count). The molecule has 0 aliphatic rings. The van der Waals surface area contributed by atoms with Crippen LogP contribution in [0.15, 0.2) is 47.0 Å². The molecule has 0 saturated heterocycles. The summed E-state index contributed by atoms with van der Waals surface area (Å²) in [6.45, 7) is 0.0526. The van der Waals surface area contributed by atoms with Crippen LogP contribution in [0.2, 0.25) is 0 Å². The van der Waals surface area contributed by atoms with Crippen LogP contribution in [0.5, 0.6) is 0 Å². The topological polar surface area (TPSA) is 75.4 Å². The summed E-state index contributed by atoms with van der Waals surface area (Å²) in [5.74, 6) is -1.23. The Morgan fingerprint density at radius 3 is 2.58 bits per heavy atom. The standard InChI is InChI=1S/C16H11F3N2O3/c17-16(18,19)9-5-6-13(20-7-9)21-8-11-10-3-1-2-4-12(10)24-14(11)15(22)23/h1-7H,8H2,(H,20,21)(H,22,23). The maximum atomic E-state index is 12.5. The Labute approximate surface area is 133 Å². The Bertz CT molecular complexity index is 886. The van der Waals surface area contributed by atoms with Crippen LogP contribution in [0.1, 0.15) is 21.7 Å². The Balaban J connectivity index is 1.85. The lowest BCUT2D eigenvalue weighted by Crippen LogP contribution is -2.08. The molecule has 3 aromatic rings. The second kappa shape index (κ2) is 5.88. The zero-order chi connectivity index (χ0) is 17.3. The van der Waals surface area contributed by atoms with Gasteiger partial charge in [0.2, 0.25) is 5.76 Å². The molecule has 0 unspecified atom stereocenters. The van der Waals surface area contributed by atoms with Crippen molar-refractivity contribution < 1.29 is 27.5 Å². The van der Waals surface area contributed by atoms with Crippen molar-refractivity contribution in [3.63, 3.8) is 0 Å². The molecular weight excluding hydrogens is 325 g/mol. The normalized spacial score (nSPS) is 11.6. The number of benzene rings is 1. The van der Waals surface area contributed by atoms with Crippen molar-refractivity contribution in [3.05, 3.63) is 59.5 Å². The summed E-state index contributed by atoms with van der Waals surface area (Å²) in [7, 11) is 0. The van der Waals surface area contributed by atoms with Gasteiger partial charge in [-0.05, 0) is 18.2 Å². The molecule has 124 valence electrons. The van der Waals surface area contributed by atoms with Crippen LogP contribution in [0, 0.1) is 0 Å². The number of nitrogens with one attached hydrogen (secondary N) is 1. The third-order valence-electron chi connectivity index (χ3n) is 3.43. The van der Waals surface area contributed by atoms with Crippen LogP contribution in [0.25, 0.3) is 11.0 Å². The first kappa shape index (κ1) is 15.9. The third-order valence-corrected chi connectivity index (χ3v) is 3.43. The van der Waals surface area contributed by atoms with Gasteiger partial charge < -0.3 is 14.8 Å². The smallest absolute Gasteiger partial charge is 0.417 e. The number of para-hydroxylation sites is 1. The number of aromatic carboxylic acids is 1. The minimum absolute atomic E-state index is 0.0526. The molecule has 5 nitrogen and oxygen atoms in total. The first-order valence-electron chi connectivity index (χ1n) is 6.87. The van der Waals surface area contributed by atoms with E-state index in [0.717, 1.165) is 6.07 Å². The second-order valence-corrected chi connectivity index (χ2v) is 4.99. The summed E-state index contributed by atoms with van der Waals surface area (Å²) in [6, 6.07) is 8.89. The molecule has 2 aromatic heterocycles. The van der Waals surface area contributed by atoms with Crippen molar-refractivity contribution in [2.24, 2.45) is 0 Å². The molecule has 1 aromatic carbocycles. The Morgan fingerprint density at radius 2 is 1.96 bits per heavy atom. The Hall–Kier alpha value is -3.03. The van der Waals surface area contributed by atoms with Gasteiger partial charge in [-0.15, -0.1) is 0 Å². The second-order valence-electron chi connectivity index (χ2n) is 4.99. The van der Waals surface area contributed by atoms with E-state index in [1.54, 1.807) is 24.3 Å². The van der Waals surface area contributed by atoms with Gasteiger partial charge in [-0.1, -0.05) is 18.2 Å². The predicted octanol–water partition coefficient (Wildman–Crippen LogP) is 4.16. The maximum absolute atomic E-state index is 12.5. The van der Waals surface area contributed by atoms with Gasteiger partial charge in [0.25, 0.3) is 0 Å². The van der Waals surface area contributed by atoms with Gasteiger partial charge in [-0.25, -0.2) is 9.78 Å². The number of hydrogen-bond acceptors (Lipinski definition) is 4. The Kier molecular flexibility index (Phi) is 3.88. The molecular formula is C16H11F3N2O3. The summed E-state index contributed by atoms with van der Waals surface area (Å²) in [4.78, 5) is 15.0. The molecule has 0 fully saturated rings. The van der Waals surface area contributed by atoms with Gasteiger partial charge in [0.15, 0.2) is 0 Å².